The van der Waals surface area contributed by atoms with Crippen LogP contribution < -0.4 is 5.32 Å². The lowest BCUT2D eigenvalue weighted by Gasteiger charge is -2.34. The molecular weight excluding hydrogens is 146 g/mol. The summed E-state index contributed by atoms with van der Waals surface area (Å²) in [6.07, 6.45) is 2.48. The molecule has 0 aliphatic heterocycles. The highest BCUT2D eigenvalue weighted by molar-refractivity contribution is 5.07. The number of nitrogens with one attached hydrogen (secondary N) is 1. The molecule has 0 saturated carbocycles. The fraction of sp³-hybridized carbons (Fsp3) is 0.818. The third kappa shape index (κ3) is 2.98. The number of hydrogen-bond donors (Lipinski definition) is 1. The fourth-order valence-corrected chi connectivity index (χ4v) is 2.09. The van der Waals surface area contributed by atoms with Crippen LogP contribution in [0.25, 0.3) is 0 Å². The SMILES string of the molecule is C=C(C)C(NC)C(C)(C)CCC. The third-order valence-corrected chi connectivity index (χ3v) is 2.46. The standard InChI is InChI=1S/C11H23N/c1-7-8-11(4,5)10(12-6)9(2)3/h10,12H,2,7-8H2,1,3-6H3. The largest absolute Gasteiger partial charge is 0.313 e. The predicted molar refractivity (Wildman–Crippen MR) is 56.4 cm³/mol. The molecule has 0 spiro atoms. The molecule has 1 atom stereocenters. The molecule has 0 aliphatic carbocycles. The van der Waals surface area contributed by atoms with Crippen molar-refractivity contribution in [3.8, 4) is 0 Å². The van der Waals surface area contributed by atoms with Crippen molar-refractivity contribution in [2.75, 3.05) is 7.05 Å². The normalized spacial score (nSPS) is 14.4. The van der Waals surface area contributed by atoms with E-state index in [0.29, 0.717) is 11.5 Å². The van der Waals surface area contributed by atoms with Gasteiger partial charge in [-0.15, -0.1) is 0 Å². The lowest BCUT2D eigenvalue weighted by molar-refractivity contribution is 0.258. The van der Waals surface area contributed by atoms with E-state index in [1.807, 2.05) is 7.05 Å². The minimum absolute atomic E-state index is 0.329. The summed E-state index contributed by atoms with van der Waals surface area (Å²) in [5.41, 5.74) is 1.56. The number of rotatable bonds is 5. The Morgan fingerprint density at radius 3 is 2.25 bits per heavy atom. The van der Waals surface area contributed by atoms with Crippen LogP contribution in [-0.2, 0) is 0 Å². The van der Waals surface area contributed by atoms with E-state index in [4.69, 9.17) is 0 Å². The summed E-state index contributed by atoms with van der Waals surface area (Å²) < 4.78 is 0. The lowest BCUT2D eigenvalue weighted by atomic mass is 9.77. The van der Waals surface area contributed by atoms with Crippen molar-refractivity contribution in [3.05, 3.63) is 12.2 Å². The summed E-state index contributed by atoms with van der Waals surface area (Å²) in [6, 6.07) is 0.442. The zero-order valence-electron chi connectivity index (χ0n) is 9.20. The molecule has 0 radical (unpaired) electrons. The minimum Gasteiger partial charge on any atom is -0.313 e. The molecule has 1 heteroatoms. The first kappa shape index (κ1) is 11.7. The first-order chi connectivity index (χ1) is 5.45. The lowest BCUT2D eigenvalue weighted by Crippen LogP contribution is -2.40. The topological polar surface area (TPSA) is 12.0 Å². The first-order valence-electron chi connectivity index (χ1n) is 4.78. The maximum Gasteiger partial charge on any atom is 0.0323 e. The maximum absolute atomic E-state index is 4.01. The Labute approximate surface area is 77.2 Å². The Balaban J connectivity index is 4.36. The van der Waals surface area contributed by atoms with Gasteiger partial charge in [0.2, 0.25) is 0 Å². The fourth-order valence-electron chi connectivity index (χ4n) is 2.09. The Morgan fingerprint density at radius 1 is 1.50 bits per heavy atom. The van der Waals surface area contributed by atoms with Crippen molar-refractivity contribution in [3.63, 3.8) is 0 Å². The van der Waals surface area contributed by atoms with Crippen LogP contribution in [0.2, 0.25) is 0 Å². The van der Waals surface area contributed by atoms with Gasteiger partial charge in [0.05, 0.1) is 0 Å². The molecular formula is C11H23N. The van der Waals surface area contributed by atoms with E-state index in [1.165, 1.54) is 18.4 Å². The summed E-state index contributed by atoms with van der Waals surface area (Å²) in [5, 5.41) is 3.33. The monoisotopic (exact) mass is 169 g/mol. The smallest absolute Gasteiger partial charge is 0.0323 e. The Morgan fingerprint density at radius 2 is 2.00 bits per heavy atom. The van der Waals surface area contributed by atoms with Gasteiger partial charge >= 0.3 is 0 Å². The van der Waals surface area contributed by atoms with Gasteiger partial charge in [-0.2, -0.15) is 0 Å². The second-order valence-electron chi connectivity index (χ2n) is 4.31. The Kier molecular flexibility index (Phi) is 4.54. The maximum atomic E-state index is 4.01. The molecule has 0 aromatic rings. The molecule has 0 heterocycles. The van der Waals surface area contributed by atoms with Crippen LogP contribution in [0.4, 0.5) is 0 Å². The van der Waals surface area contributed by atoms with Gasteiger partial charge in [0.15, 0.2) is 0 Å². The molecule has 0 rings (SSSR count). The average Bonchev–Trinajstić information content (AvgIpc) is 1.86. The van der Waals surface area contributed by atoms with Gasteiger partial charge in [0.25, 0.3) is 0 Å². The predicted octanol–water partition coefficient (Wildman–Crippen LogP) is 2.98. The van der Waals surface area contributed by atoms with Crippen molar-refractivity contribution < 1.29 is 0 Å². The van der Waals surface area contributed by atoms with Gasteiger partial charge < -0.3 is 5.32 Å². The molecule has 0 bridgehead atoms. The van der Waals surface area contributed by atoms with E-state index in [-0.39, 0.29) is 0 Å². The second kappa shape index (κ2) is 4.66. The quantitative estimate of drug-likeness (QED) is 0.624. The van der Waals surface area contributed by atoms with Crippen molar-refractivity contribution in [2.24, 2.45) is 5.41 Å². The third-order valence-electron chi connectivity index (χ3n) is 2.46. The van der Waals surface area contributed by atoms with Crippen LogP contribution in [-0.4, -0.2) is 13.1 Å². The van der Waals surface area contributed by atoms with Crippen LogP contribution in [0.5, 0.6) is 0 Å². The highest BCUT2D eigenvalue weighted by Crippen LogP contribution is 2.29. The average molecular weight is 169 g/mol. The van der Waals surface area contributed by atoms with Crippen LogP contribution in [0.1, 0.15) is 40.5 Å². The minimum atomic E-state index is 0.329. The second-order valence-corrected chi connectivity index (χ2v) is 4.31. The molecule has 1 unspecified atom stereocenters. The molecule has 0 aliphatic rings. The van der Waals surface area contributed by atoms with Crippen LogP contribution in [0, 0.1) is 5.41 Å². The van der Waals surface area contributed by atoms with Crippen molar-refractivity contribution >= 4 is 0 Å². The molecule has 72 valence electrons. The van der Waals surface area contributed by atoms with Gasteiger partial charge in [-0.05, 0) is 25.8 Å². The molecule has 12 heavy (non-hydrogen) atoms. The summed E-state index contributed by atoms with van der Waals surface area (Å²) >= 11 is 0. The van der Waals surface area contributed by atoms with Crippen molar-refractivity contribution in [1.29, 1.82) is 0 Å². The zero-order valence-corrected chi connectivity index (χ0v) is 9.20. The molecule has 1 N–H and O–H groups in total. The van der Waals surface area contributed by atoms with E-state index >= 15 is 0 Å². The Bertz CT molecular complexity index is 147. The van der Waals surface area contributed by atoms with Gasteiger partial charge in [-0.1, -0.05) is 39.3 Å². The molecule has 1 nitrogen and oxygen atoms in total. The number of likely N-dealkylation sites (N-methyl/N-ethyl adjacent to an activating group) is 1. The summed E-state index contributed by atoms with van der Waals surface area (Å²) in [5.74, 6) is 0. The summed E-state index contributed by atoms with van der Waals surface area (Å²) in [7, 11) is 2.01. The Hall–Kier alpha value is -0.300. The van der Waals surface area contributed by atoms with Crippen molar-refractivity contribution in [2.45, 2.75) is 46.6 Å². The molecule has 0 aromatic carbocycles. The van der Waals surface area contributed by atoms with Gasteiger partial charge in [0.1, 0.15) is 0 Å². The van der Waals surface area contributed by atoms with Crippen LogP contribution >= 0.6 is 0 Å². The van der Waals surface area contributed by atoms with E-state index in [1.54, 1.807) is 0 Å². The highest BCUT2D eigenvalue weighted by atomic mass is 14.9. The van der Waals surface area contributed by atoms with Gasteiger partial charge in [0, 0.05) is 6.04 Å². The molecule has 0 aromatic heterocycles. The molecule has 0 fully saturated rings. The van der Waals surface area contributed by atoms with E-state index in [9.17, 15) is 0 Å². The van der Waals surface area contributed by atoms with E-state index in [0.717, 1.165) is 0 Å². The zero-order chi connectivity index (χ0) is 9.78. The van der Waals surface area contributed by atoms with Gasteiger partial charge in [-0.3, -0.25) is 0 Å². The summed E-state index contributed by atoms with van der Waals surface area (Å²) in [4.78, 5) is 0. The molecule has 0 saturated heterocycles. The van der Waals surface area contributed by atoms with Gasteiger partial charge in [-0.25, -0.2) is 0 Å². The van der Waals surface area contributed by atoms with Crippen molar-refractivity contribution in [1.82, 2.24) is 5.32 Å². The first-order valence-corrected chi connectivity index (χ1v) is 4.78. The van der Waals surface area contributed by atoms with Crippen LogP contribution in [0.15, 0.2) is 12.2 Å². The number of hydrogen-bond acceptors (Lipinski definition) is 1. The van der Waals surface area contributed by atoms with Crippen LogP contribution in [0.3, 0.4) is 0 Å². The highest BCUT2D eigenvalue weighted by Gasteiger charge is 2.27. The van der Waals surface area contributed by atoms with E-state index < -0.39 is 0 Å². The molecule has 0 amide bonds. The summed E-state index contributed by atoms with van der Waals surface area (Å²) in [6.45, 7) is 12.9. The van der Waals surface area contributed by atoms with E-state index in [2.05, 4.69) is 39.6 Å².